The molecule has 0 bridgehead atoms. The molecule has 0 aromatic heterocycles. The third-order valence-electron chi connectivity index (χ3n) is 4.22. The minimum atomic E-state index is -0.548. The average Bonchev–Trinajstić information content (AvgIpc) is 3.02. The first-order chi connectivity index (χ1) is 12.4. The number of carbonyl (C=O) groups is 1. The number of hydrogen-bond acceptors (Lipinski definition) is 3. The summed E-state index contributed by atoms with van der Waals surface area (Å²) >= 11 is 0. The van der Waals surface area contributed by atoms with Gasteiger partial charge in [0.2, 0.25) is 5.91 Å². The number of rotatable bonds is 6. The fourth-order valence-corrected chi connectivity index (χ4v) is 2.87. The van der Waals surface area contributed by atoms with Crippen LogP contribution in [0.25, 0.3) is 0 Å². The minimum absolute atomic E-state index is 0.0201. The standard InChI is InChI=1S/C18H27F2N5O/c1-4-21-18(22-10-8-16(26)24(2)3)23-13-9-11-25(12-13)17-14(19)6-5-7-15(17)20/h5-7,13H,4,8-12H2,1-3H3,(H2,21,22,23). The summed E-state index contributed by atoms with van der Waals surface area (Å²) in [6.45, 7) is 4.07. The van der Waals surface area contributed by atoms with Gasteiger partial charge in [-0.2, -0.15) is 0 Å². The highest BCUT2D eigenvalue weighted by Crippen LogP contribution is 2.26. The monoisotopic (exact) mass is 367 g/mol. The summed E-state index contributed by atoms with van der Waals surface area (Å²) in [6, 6.07) is 3.93. The molecule has 0 spiro atoms. The first kappa shape index (κ1) is 19.9. The van der Waals surface area contributed by atoms with Gasteiger partial charge in [-0.1, -0.05) is 6.07 Å². The molecule has 0 saturated carbocycles. The van der Waals surface area contributed by atoms with Crippen molar-refractivity contribution in [3.63, 3.8) is 0 Å². The molecule has 1 amide bonds. The highest BCUT2D eigenvalue weighted by Gasteiger charge is 2.27. The Morgan fingerprint density at radius 1 is 1.35 bits per heavy atom. The summed E-state index contributed by atoms with van der Waals surface area (Å²) in [5.74, 6) is -0.464. The van der Waals surface area contributed by atoms with Crippen molar-refractivity contribution in [3.8, 4) is 0 Å². The molecule has 1 atom stereocenters. The number of amides is 1. The SMILES string of the molecule is CCNC(=NCCC(=O)N(C)C)NC1CCN(c2c(F)cccc2F)C1. The van der Waals surface area contributed by atoms with Crippen LogP contribution in [0.3, 0.4) is 0 Å². The molecule has 2 rings (SSSR count). The number of halogens is 2. The van der Waals surface area contributed by atoms with Gasteiger partial charge in [0.25, 0.3) is 0 Å². The summed E-state index contributed by atoms with van der Waals surface area (Å²) in [7, 11) is 3.43. The van der Waals surface area contributed by atoms with Crippen LogP contribution in [0.15, 0.2) is 23.2 Å². The predicted octanol–water partition coefficient (Wildman–Crippen LogP) is 1.58. The maximum absolute atomic E-state index is 13.9. The topological polar surface area (TPSA) is 60.0 Å². The fraction of sp³-hybridized carbons (Fsp3) is 0.556. The zero-order valence-corrected chi connectivity index (χ0v) is 15.6. The Balaban J connectivity index is 1.94. The van der Waals surface area contributed by atoms with E-state index in [1.165, 1.54) is 23.1 Å². The van der Waals surface area contributed by atoms with Gasteiger partial charge in [-0.15, -0.1) is 0 Å². The molecule has 2 N–H and O–H groups in total. The third-order valence-corrected chi connectivity index (χ3v) is 4.22. The fourth-order valence-electron chi connectivity index (χ4n) is 2.87. The lowest BCUT2D eigenvalue weighted by molar-refractivity contribution is -0.128. The molecule has 1 heterocycles. The van der Waals surface area contributed by atoms with E-state index in [9.17, 15) is 13.6 Å². The van der Waals surface area contributed by atoms with Crippen LogP contribution in [-0.2, 0) is 4.79 Å². The molecular formula is C18H27F2N5O. The number of aliphatic imine (C=N–C) groups is 1. The Kier molecular flexibility index (Phi) is 7.17. The summed E-state index contributed by atoms with van der Waals surface area (Å²) in [4.78, 5) is 19.3. The van der Waals surface area contributed by atoms with E-state index >= 15 is 0 Å². The Morgan fingerprint density at radius 3 is 2.65 bits per heavy atom. The minimum Gasteiger partial charge on any atom is -0.365 e. The van der Waals surface area contributed by atoms with Crippen LogP contribution >= 0.6 is 0 Å². The molecular weight excluding hydrogens is 340 g/mol. The van der Waals surface area contributed by atoms with E-state index in [1.807, 2.05) is 6.92 Å². The van der Waals surface area contributed by atoms with Crippen LogP contribution in [0.1, 0.15) is 19.8 Å². The molecule has 1 aromatic rings. The highest BCUT2D eigenvalue weighted by molar-refractivity contribution is 5.81. The average molecular weight is 367 g/mol. The first-order valence-electron chi connectivity index (χ1n) is 8.86. The highest BCUT2D eigenvalue weighted by atomic mass is 19.1. The number of nitrogens with one attached hydrogen (secondary N) is 2. The van der Waals surface area contributed by atoms with Crippen LogP contribution in [0.2, 0.25) is 0 Å². The van der Waals surface area contributed by atoms with Crippen molar-refractivity contribution in [2.24, 2.45) is 4.99 Å². The number of benzene rings is 1. The number of hydrogen-bond donors (Lipinski definition) is 2. The van der Waals surface area contributed by atoms with Crippen LogP contribution in [0.5, 0.6) is 0 Å². The molecule has 1 aromatic carbocycles. The molecule has 26 heavy (non-hydrogen) atoms. The molecule has 144 valence electrons. The van der Waals surface area contributed by atoms with Gasteiger partial charge in [-0.3, -0.25) is 9.79 Å². The van der Waals surface area contributed by atoms with Crippen LogP contribution in [0.4, 0.5) is 14.5 Å². The lowest BCUT2D eigenvalue weighted by Crippen LogP contribution is -2.44. The van der Waals surface area contributed by atoms with Gasteiger partial charge in [-0.05, 0) is 25.5 Å². The summed E-state index contributed by atoms with van der Waals surface area (Å²) in [5, 5.41) is 6.42. The van der Waals surface area contributed by atoms with Crippen molar-refractivity contribution in [3.05, 3.63) is 29.8 Å². The van der Waals surface area contributed by atoms with Gasteiger partial charge in [0, 0.05) is 46.2 Å². The van der Waals surface area contributed by atoms with Gasteiger partial charge in [0.15, 0.2) is 5.96 Å². The Bertz CT molecular complexity index is 630. The van der Waals surface area contributed by atoms with Crippen molar-refractivity contribution in [1.82, 2.24) is 15.5 Å². The number of guanidine groups is 1. The molecule has 6 nitrogen and oxygen atoms in total. The predicted molar refractivity (Wildman–Crippen MR) is 99.4 cm³/mol. The van der Waals surface area contributed by atoms with Crippen molar-refractivity contribution in [1.29, 1.82) is 0 Å². The largest absolute Gasteiger partial charge is 0.365 e. The second-order valence-electron chi connectivity index (χ2n) is 6.45. The number of carbonyl (C=O) groups excluding carboxylic acids is 1. The van der Waals surface area contributed by atoms with Gasteiger partial charge in [0.1, 0.15) is 17.3 Å². The zero-order chi connectivity index (χ0) is 19.1. The van der Waals surface area contributed by atoms with Crippen molar-refractivity contribution >= 4 is 17.6 Å². The maximum atomic E-state index is 13.9. The summed E-state index contributed by atoms with van der Waals surface area (Å²) in [6.07, 6.45) is 1.08. The molecule has 1 aliphatic rings. The molecule has 1 fully saturated rings. The van der Waals surface area contributed by atoms with E-state index in [0.29, 0.717) is 38.6 Å². The van der Waals surface area contributed by atoms with Gasteiger partial charge in [0.05, 0.1) is 6.54 Å². The summed E-state index contributed by atoms with van der Waals surface area (Å²) < 4.78 is 27.9. The number of nitrogens with zero attached hydrogens (tertiary/aromatic N) is 3. The van der Waals surface area contributed by atoms with Crippen LogP contribution in [-0.4, -0.2) is 63.1 Å². The third kappa shape index (κ3) is 5.31. The van der Waals surface area contributed by atoms with Crippen LogP contribution in [0, 0.1) is 11.6 Å². The van der Waals surface area contributed by atoms with E-state index < -0.39 is 11.6 Å². The Labute approximate surface area is 153 Å². The second kappa shape index (κ2) is 9.35. The van der Waals surface area contributed by atoms with Crippen molar-refractivity contribution in [2.45, 2.75) is 25.8 Å². The van der Waals surface area contributed by atoms with Crippen LogP contribution < -0.4 is 15.5 Å². The maximum Gasteiger partial charge on any atom is 0.223 e. The normalized spacial score (nSPS) is 17.3. The first-order valence-corrected chi connectivity index (χ1v) is 8.86. The van der Waals surface area contributed by atoms with E-state index in [0.717, 1.165) is 6.42 Å². The quantitative estimate of drug-likeness (QED) is 0.592. The molecule has 1 saturated heterocycles. The van der Waals surface area contributed by atoms with Gasteiger partial charge in [-0.25, -0.2) is 8.78 Å². The Morgan fingerprint density at radius 2 is 2.04 bits per heavy atom. The lowest BCUT2D eigenvalue weighted by atomic mass is 10.2. The van der Waals surface area contributed by atoms with E-state index in [-0.39, 0.29) is 17.6 Å². The van der Waals surface area contributed by atoms with Crippen molar-refractivity contribution in [2.75, 3.05) is 45.2 Å². The molecule has 0 radical (unpaired) electrons. The smallest absolute Gasteiger partial charge is 0.223 e. The molecule has 1 aliphatic heterocycles. The molecule has 1 unspecified atom stereocenters. The van der Waals surface area contributed by atoms with E-state index in [4.69, 9.17) is 0 Å². The second-order valence-corrected chi connectivity index (χ2v) is 6.45. The van der Waals surface area contributed by atoms with Crippen molar-refractivity contribution < 1.29 is 13.6 Å². The zero-order valence-electron chi connectivity index (χ0n) is 15.6. The number of para-hydroxylation sites is 1. The Hall–Kier alpha value is -2.38. The molecule has 0 aliphatic carbocycles. The van der Waals surface area contributed by atoms with E-state index in [2.05, 4.69) is 15.6 Å². The van der Waals surface area contributed by atoms with Gasteiger partial charge < -0.3 is 20.4 Å². The number of anilines is 1. The molecule has 8 heteroatoms. The lowest BCUT2D eigenvalue weighted by Gasteiger charge is -2.21. The van der Waals surface area contributed by atoms with E-state index in [1.54, 1.807) is 19.0 Å². The summed E-state index contributed by atoms with van der Waals surface area (Å²) in [5.41, 5.74) is 0.0234. The van der Waals surface area contributed by atoms with Gasteiger partial charge >= 0.3 is 0 Å².